The van der Waals surface area contributed by atoms with E-state index in [9.17, 15) is 0 Å². The summed E-state index contributed by atoms with van der Waals surface area (Å²) in [6.07, 6.45) is 8.56. The van der Waals surface area contributed by atoms with E-state index in [0.717, 1.165) is 11.8 Å². The van der Waals surface area contributed by atoms with Gasteiger partial charge in [-0.25, -0.2) is 0 Å². The summed E-state index contributed by atoms with van der Waals surface area (Å²) in [5.41, 5.74) is 0. The van der Waals surface area contributed by atoms with E-state index in [4.69, 9.17) is 0 Å². The van der Waals surface area contributed by atoms with Gasteiger partial charge >= 0.3 is 0 Å². The minimum absolute atomic E-state index is 0.881. The minimum Gasteiger partial charge on any atom is -0.317 e. The maximum atomic E-state index is 3.53. The molecule has 0 bridgehead atoms. The fourth-order valence-corrected chi connectivity index (χ4v) is 1.64. The Balaban J connectivity index is 1.68. The van der Waals surface area contributed by atoms with Gasteiger partial charge in [-0.05, 0) is 37.8 Å². The first-order valence-corrected chi connectivity index (χ1v) is 5.99. The summed E-state index contributed by atoms with van der Waals surface area (Å²) >= 11 is 0. The normalized spacial score (nSPS) is 16.8. The van der Waals surface area contributed by atoms with Gasteiger partial charge in [-0.1, -0.05) is 39.5 Å². The average Bonchev–Trinajstić information content (AvgIpc) is 2.86. The zero-order valence-corrected chi connectivity index (χ0v) is 9.31. The van der Waals surface area contributed by atoms with Crippen molar-refractivity contribution in [3.63, 3.8) is 0 Å². The first-order valence-electron chi connectivity index (χ1n) is 5.99. The maximum Gasteiger partial charge on any atom is -0.00463 e. The van der Waals surface area contributed by atoms with Crippen molar-refractivity contribution in [1.82, 2.24) is 5.32 Å². The second-order valence-corrected chi connectivity index (χ2v) is 4.87. The van der Waals surface area contributed by atoms with Gasteiger partial charge in [0, 0.05) is 0 Å². The molecule has 1 fully saturated rings. The van der Waals surface area contributed by atoms with Crippen molar-refractivity contribution >= 4 is 0 Å². The summed E-state index contributed by atoms with van der Waals surface area (Å²) in [6, 6.07) is 0. The number of hydrogen-bond donors (Lipinski definition) is 1. The summed E-state index contributed by atoms with van der Waals surface area (Å²) in [6.45, 7) is 7.10. The van der Waals surface area contributed by atoms with Crippen LogP contribution in [0.4, 0.5) is 0 Å². The molecule has 0 heterocycles. The van der Waals surface area contributed by atoms with Gasteiger partial charge in [0.2, 0.25) is 0 Å². The molecule has 1 heteroatoms. The molecule has 0 radical (unpaired) electrons. The van der Waals surface area contributed by atoms with Gasteiger partial charge in [0.1, 0.15) is 0 Å². The van der Waals surface area contributed by atoms with Crippen molar-refractivity contribution in [3.05, 3.63) is 0 Å². The second kappa shape index (κ2) is 6.42. The van der Waals surface area contributed by atoms with Crippen LogP contribution in [0.15, 0.2) is 0 Å². The van der Waals surface area contributed by atoms with Gasteiger partial charge in [0.15, 0.2) is 0 Å². The summed E-state index contributed by atoms with van der Waals surface area (Å²) < 4.78 is 0. The molecule has 1 saturated carbocycles. The van der Waals surface area contributed by atoms with Gasteiger partial charge < -0.3 is 5.32 Å². The van der Waals surface area contributed by atoms with Crippen LogP contribution in [-0.4, -0.2) is 13.1 Å². The number of nitrogens with one attached hydrogen (secondary N) is 1. The number of rotatable bonds is 8. The molecule has 1 nitrogen and oxygen atoms in total. The largest absolute Gasteiger partial charge is 0.317 e. The van der Waals surface area contributed by atoms with Crippen LogP contribution in [0.3, 0.4) is 0 Å². The average molecular weight is 183 g/mol. The van der Waals surface area contributed by atoms with Crippen LogP contribution in [0.2, 0.25) is 0 Å². The van der Waals surface area contributed by atoms with Gasteiger partial charge in [0.25, 0.3) is 0 Å². The van der Waals surface area contributed by atoms with E-state index >= 15 is 0 Å². The Hall–Kier alpha value is -0.0400. The van der Waals surface area contributed by atoms with Crippen molar-refractivity contribution in [2.24, 2.45) is 11.8 Å². The molecule has 0 aromatic rings. The third-order valence-electron chi connectivity index (χ3n) is 2.81. The van der Waals surface area contributed by atoms with Crippen LogP contribution in [0.5, 0.6) is 0 Å². The molecule has 1 aliphatic rings. The third kappa shape index (κ3) is 7.06. The summed E-state index contributed by atoms with van der Waals surface area (Å²) in [5, 5.41) is 3.53. The Morgan fingerprint density at radius 1 is 1.15 bits per heavy atom. The van der Waals surface area contributed by atoms with Crippen molar-refractivity contribution in [3.8, 4) is 0 Å². The van der Waals surface area contributed by atoms with Gasteiger partial charge in [-0.3, -0.25) is 0 Å². The smallest absolute Gasteiger partial charge is 0.00463 e. The first-order chi connectivity index (χ1) is 6.29. The molecule has 1 aliphatic carbocycles. The topological polar surface area (TPSA) is 12.0 Å². The molecule has 0 aromatic carbocycles. The van der Waals surface area contributed by atoms with Crippen molar-refractivity contribution in [1.29, 1.82) is 0 Å². The predicted octanol–water partition coefficient (Wildman–Crippen LogP) is 3.20. The summed E-state index contributed by atoms with van der Waals surface area (Å²) in [4.78, 5) is 0. The second-order valence-electron chi connectivity index (χ2n) is 4.87. The molecule has 1 N–H and O–H groups in total. The SMILES string of the molecule is CC(C)CCCCNCCC1CC1. The summed E-state index contributed by atoms with van der Waals surface area (Å²) in [5.74, 6) is 1.97. The quantitative estimate of drug-likeness (QED) is 0.570. The highest BCUT2D eigenvalue weighted by Crippen LogP contribution is 2.31. The fraction of sp³-hybridized carbons (Fsp3) is 1.00. The van der Waals surface area contributed by atoms with Gasteiger partial charge in [-0.2, -0.15) is 0 Å². The van der Waals surface area contributed by atoms with Crippen LogP contribution in [0.25, 0.3) is 0 Å². The molecule has 13 heavy (non-hydrogen) atoms. The zero-order valence-electron chi connectivity index (χ0n) is 9.31. The van der Waals surface area contributed by atoms with E-state index in [1.165, 1.54) is 51.6 Å². The highest BCUT2D eigenvalue weighted by molar-refractivity contribution is 4.73. The van der Waals surface area contributed by atoms with E-state index in [-0.39, 0.29) is 0 Å². The van der Waals surface area contributed by atoms with Crippen LogP contribution in [-0.2, 0) is 0 Å². The van der Waals surface area contributed by atoms with E-state index in [1.807, 2.05) is 0 Å². The van der Waals surface area contributed by atoms with Crippen LogP contribution >= 0.6 is 0 Å². The zero-order chi connectivity index (χ0) is 9.52. The molecular weight excluding hydrogens is 158 g/mol. The Labute approximate surface area is 83.3 Å². The van der Waals surface area contributed by atoms with Crippen molar-refractivity contribution in [2.45, 2.75) is 52.4 Å². The number of hydrogen-bond acceptors (Lipinski definition) is 1. The number of unbranched alkanes of at least 4 members (excludes halogenated alkanes) is 1. The van der Waals surface area contributed by atoms with Crippen LogP contribution < -0.4 is 5.32 Å². The van der Waals surface area contributed by atoms with E-state index in [1.54, 1.807) is 0 Å². The monoisotopic (exact) mass is 183 g/mol. The lowest BCUT2D eigenvalue weighted by molar-refractivity contribution is 0.514. The van der Waals surface area contributed by atoms with E-state index in [2.05, 4.69) is 19.2 Å². The molecule has 0 spiro atoms. The maximum absolute atomic E-state index is 3.53. The fourth-order valence-electron chi connectivity index (χ4n) is 1.64. The molecule has 0 saturated heterocycles. The standard InChI is InChI=1S/C12H25N/c1-11(2)5-3-4-9-13-10-8-12-6-7-12/h11-13H,3-10H2,1-2H3. The highest BCUT2D eigenvalue weighted by atomic mass is 14.8. The Bertz CT molecular complexity index is 110. The molecule has 1 rings (SSSR count). The Kier molecular flexibility index (Phi) is 5.45. The van der Waals surface area contributed by atoms with Crippen LogP contribution in [0, 0.1) is 11.8 Å². The molecule has 0 aromatic heterocycles. The molecule has 78 valence electrons. The predicted molar refractivity (Wildman–Crippen MR) is 58.9 cm³/mol. The molecular formula is C12H25N. The lowest BCUT2D eigenvalue weighted by atomic mass is 10.1. The van der Waals surface area contributed by atoms with Crippen molar-refractivity contribution in [2.75, 3.05) is 13.1 Å². The first kappa shape index (κ1) is 11.0. The molecule has 0 atom stereocenters. The highest BCUT2D eigenvalue weighted by Gasteiger charge is 2.19. The summed E-state index contributed by atoms with van der Waals surface area (Å²) in [7, 11) is 0. The molecule has 0 aliphatic heterocycles. The molecule has 0 amide bonds. The van der Waals surface area contributed by atoms with E-state index < -0.39 is 0 Å². The third-order valence-corrected chi connectivity index (χ3v) is 2.81. The molecule has 0 unspecified atom stereocenters. The Morgan fingerprint density at radius 3 is 2.54 bits per heavy atom. The lowest BCUT2D eigenvalue weighted by Crippen LogP contribution is -2.17. The van der Waals surface area contributed by atoms with Crippen LogP contribution in [0.1, 0.15) is 52.4 Å². The van der Waals surface area contributed by atoms with E-state index in [0.29, 0.717) is 0 Å². The van der Waals surface area contributed by atoms with Gasteiger partial charge in [-0.15, -0.1) is 0 Å². The minimum atomic E-state index is 0.881. The Morgan fingerprint density at radius 2 is 1.92 bits per heavy atom. The lowest BCUT2D eigenvalue weighted by Gasteiger charge is -2.05. The van der Waals surface area contributed by atoms with Gasteiger partial charge in [0.05, 0.1) is 0 Å². The van der Waals surface area contributed by atoms with Crippen molar-refractivity contribution < 1.29 is 0 Å².